The van der Waals surface area contributed by atoms with Gasteiger partial charge in [-0.25, -0.2) is 4.98 Å². The third kappa shape index (κ3) is 3.36. The summed E-state index contributed by atoms with van der Waals surface area (Å²) in [6.07, 6.45) is 3.16. The second-order valence-corrected chi connectivity index (χ2v) is 7.49. The van der Waals surface area contributed by atoms with Gasteiger partial charge in [0.25, 0.3) is 11.5 Å². The Kier molecular flexibility index (Phi) is 4.51. The maximum absolute atomic E-state index is 11.9. The van der Waals surface area contributed by atoms with Crippen molar-refractivity contribution >= 4 is 51.2 Å². The third-order valence-electron chi connectivity index (χ3n) is 4.12. The minimum Gasteiger partial charge on any atom is -0.496 e. The number of aromatic nitrogens is 2. The molecule has 1 fully saturated rings. The monoisotopic (exact) mass is 395 g/mol. The van der Waals surface area contributed by atoms with Crippen LogP contribution in [0.15, 0.2) is 52.4 Å². The highest BCUT2D eigenvalue weighted by molar-refractivity contribution is 8.26. The molecule has 2 aromatic carbocycles. The first-order valence-corrected chi connectivity index (χ1v) is 9.18. The van der Waals surface area contributed by atoms with Crippen LogP contribution in [0.5, 0.6) is 5.75 Å². The van der Waals surface area contributed by atoms with Crippen LogP contribution in [0.2, 0.25) is 0 Å². The van der Waals surface area contributed by atoms with E-state index in [4.69, 9.17) is 17.0 Å². The lowest BCUT2D eigenvalue weighted by Gasteiger charge is -2.10. The lowest BCUT2D eigenvalue weighted by atomic mass is 10.0. The number of fused-ring (bicyclic) bond motifs is 1. The first-order valence-electron chi connectivity index (χ1n) is 7.96. The van der Waals surface area contributed by atoms with Crippen LogP contribution in [-0.2, 0) is 4.79 Å². The van der Waals surface area contributed by atoms with Gasteiger partial charge in [-0.15, -0.1) is 0 Å². The number of thiocarbonyl (C=S) groups is 1. The SMILES string of the molecule is COc1ccc(C=C2SC(=S)NC2=O)cc1-c1ccc2c(=O)[nH]cnc2c1. The molecule has 0 spiro atoms. The van der Waals surface area contributed by atoms with E-state index in [1.807, 2.05) is 30.3 Å². The lowest BCUT2D eigenvalue weighted by molar-refractivity contribution is -0.115. The summed E-state index contributed by atoms with van der Waals surface area (Å²) < 4.78 is 5.93. The van der Waals surface area contributed by atoms with Gasteiger partial charge < -0.3 is 15.0 Å². The number of amides is 1. The number of methoxy groups -OCH3 is 1. The molecule has 1 amide bonds. The number of rotatable bonds is 3. The van der Waals surface area contributed by atoms with E-state index < -0.39 is 0 Å². The van der Waals surface area contributed by atoms with Crippen molar-refractivity contribution in [3.05, 3.63) is 63.5 Å². The minimum atomic E-state index is -0.198. The van der Waals surface area contributed by atoms with Crippen LogP contribution in [0.25, 0.3) is 28.1 Å². The summed E-state index contributed by atoms with van der Waals surface area (Å²) in [6, 6.07) is 11.1. The van der Waals surface area contributed by atoms with Crippen LogP contribution in [0.1, 0.15) is 5.56 Å². The summed E-state index contributed by atoms with van der Waals surface area (Å²) in [7, 11) is 1.60. The van der Waals surface area contributed by atoms with Gasteiger partial charge in [0.2, 0.25) is 0 Å². The molecule has 1 saturated heterocycles. The summed E-state index contributed by atoms with van der Waals surface area (Å²) in [5.41, 5.74) is 2.95. The van der Waals surface area contributed by atoms with Gasteiger partial charge in [0.15, 0.2) is 0 Å². The first-order chi connectivity index (χ1) is 13.0. The van der Waals surface area contributed by atoms with Crippen LogP contribution in [-0.4, -0.2) is 27.3 Å². The highest BCUT2D eigenvalue weighted by Gasteiger charge is 2.22. The molecule has 1 aliphatic heterocycles. The standard InChI is InChI=1S/C19H13N3O3S2/c1-25-15-5-2-10(7-16-18(24)22-19(26)27-16)6-13(15)11-3-4-12-14(8-11)20-9-21-17(12)23/h2-9H,1H3,(H,20,21,23)(H,22,24,26). The fourth-order valence-corrected chi connectivity index (χ4v) is 3.89. The Balaban J connectivity index is 1.82. The Morgan fingerprint density at radius 3 is 2.78 bits per heavy atom. The highest BCUT2D eigenvalue weighted by Crippen LogP contribution is 2.34. The van der Waals surface area contributed by atoms with E-state index >= 15 is 0 Å². The van der Waals surface area contributed by atoms with Crippen molar-refractivity contribution in [1.29, 1.82) is 0 Å². The van der Waals surface area contributed by atoms with E-state index in [9.17, 15) is 9.59 Å². The number of thioether (sulfide) groups is 1. The van der Waals surface area contributed by atoms with Gasteiger partial charge in [-0.05, 0) is 41.5 Å². The average molecular weight is 395 g/mol. The maximum Gasteiger partial charge on any atom is 0.263 e. The maximum atomic E-state index is 11.9. The van der Waals surface area contributed by atoms with Crippen molar-refractivity contribution in [1.82, 2.24) is 15.3 Å². The second-order valence-electron chi connectivity index (χ2n) is 5.78. The van der Waals surface area contributed by atoms with E-state index in [2.05, 4.69) is 15.3 Å². The largest absolute Gasteiger partial charge is 0.496 e. The molecule has 6 nitrogen and oxygen atoms in total. The fraction of sp³-hybridized carbons (Fsp3) is 0.0526. The molecule has 0 unspecified atom stereocenters. The highest BCUT2D eigenvalue weighted by atomic mass is 32.2. The Morgan fingerprint density at radius 1 is 1.19 bits per heavy atom. The molecule has 3 aromatic rings. The van der Waals surface area contributed by atoms with Crippen molar-refractivity contribution in [3.8, 4) is 16.9 Å². The van der Waals surface area contributed by atoms with Gasteiger partial charge in [0.1, 0.15) is 10.1 Å². The van der Waals surface area contributed by atoms with Gasteiger partial charge in [0, 0.05) is 5.56 Å². The molecule has 1 aromatic heterocycles. The topological polar surface area (TPSA) is 84.1 Å². The zero-order chi connectivity index (χ0) is 19.0. The van der Waals surface area contributed by atoms with Crippen LogP contribution in [0.3, 0.4) is 0 Å². The summed E-state index contributed by atoms with van der Waals surface area (Å²) in [5, 5.41) is 3.12. The molecule has 27 heavy (non-hydrogen) atoms. The molecule has 2 heterocycles. The number of carbonyl (C=O) groups is 1. The molecule has 0 saturated carbocycles. The molecule has 4 rings (SSSR count). The molecular formula is C19H13N3O3S2. The fourth-order valence-electron chi connectivity index (χ4n) is 2.85. The normalized spacial score (nSPS) is 15.4. The summed E-state index contributed by atoms with van der Waals surface area (Å²) in [6.45, 7) is 0. The second kappa shape index (κ2) is 6.98. The number of nitrogens with zero attached hydrogens (tertiary/aromatic N) is 1. The number of hydrogen-bond donors (Lipinski definition) is 2. The van der Waals surface area contributed by atoms with Gasteiger partial charge in [-0.1, -0.05) is 36.1 Å². The summed E-state index contributed by atoms with van der Waals surface area (Å²) >= 11 is 6.26. The predicted octanol–water partition coefficient (Wildman–Crippen LogP) is 3.09. The van der Waals surface area contributed by atoms with Crippen LogP contribution >= 0.6 is 24.0 Å². The van der Waals surface area contributed by atoms with Crippen molar-refractivity contribution < 1.29 is 9.53 Å². The number of carbonyl (C=O) groups excluding carboxylic acids is 1. The van der Waals surface area contributed by atoms with Gasteiger partial charge in [-0.2, -0.15) is 0 Å². The average Bonchev–Trinajstić information content (AvgIpc) is 2.98. The van der Waals surface area contributed by atoms with E-state index in [1.165, 1.54) is 18.1 Å². The molecule has 0 atom stereocenters. The molecule has 0 aliphatic carbocycles. The smallest absolute Gasteiger partial charge is 0.263 e. The number of aromatic amines is 1. The summed E-state index contributed by atoms with van der Waals surface area (Å²) in [4.78, 5) is 31.1. The molecule has 8 heteroatoms. The Bertz CT molecular complexity index is 1180. The molecule has 0 radical (unpaired) electrons. The zero-order valence-electron chi connectivity index (χ0n) is 14.1. The van der Waals surface area contributed by atoms with Gasteiger partial charge >= 0.3 is 0 Å². The third-order valence-corrected chi connectivity index (χ3v) is 5.28. The van der Waals surface area contributed by atoms with Crippen molar-refractivity contribution in [2.24, 2.45) is 0 Å². The molecule has 1 aliphatic rings. The lowest BCUT2D eigenvalue weighted by Crippen LogP contribution is -2.17. The summed E-state index contributed by atoms with van der Waals surface area (Å²) in [5.74, 6) is 0.483. The number of nitrogens with one attached hydrogen (secondary N) is 2. The first kappa shape index (κ1) is 17.4. The zero-order valence-corrected chi connectivity index (χ0v) is 15.7. The molecule has 2 N–H and O–H groups in total. The Hall–Kier alpha value is -2.97. The van der Waals surface area contributed by atoms with Gasteiger partial charge in [-0.3, -0.25) is 9.59 Å². The van der Waals surface area contributed by atoms with E-state index in [0.29, 0.717) is 25.9 Å². The number of ether oxygens (including phenoxy) is 1. The molecule has 0 bridgehead atoms. The Morgan fingerprint density at radius 2 is 2.04 bits per heavy atom. The van der Waals surface area contributed by atoms with Crippen molar-refractivity contribution in [2.45, 2.75) is 0 Å². The Labute approximate surface area is 163 Å². The minimum absolute atomic E-state index is 0.183. The molecular weight excluding hydrogens is 382 g/mol. The number of H-pyrrole nitrogens is 1. The van der Waals surface area contributed by atoms with Crippen LogP contribution < -0.4 is 15.6 Å². The quantitative estimate of drug-likeness (QED) is 0.524. The number of hydrogen-bond acceptors (Lipinski definition) is 6. The van der Waals surface area contributed by atoms with Crippen LogP contribution in [0.4, 0.5) is 0 Å². The predicted molar refractivity (Wildman–Crippen MR) is 111 cm³/mol. The van der Waals surface area contributed by atoms with Crippen molar-refractivity contribution in [2.75, 3.05) is 7.11 Å². The van der Waals surface area contributed by atoms with Crippen LogP contribution in [0, 0.1) is 0 Å². The van der Waals surface area contributed by atoms with E-state index in [1.54, 1.807) is 19.3 Å². The van der Waals surface area contributed by atoms with E-state index in [0.717, 1.165) is 16.7 Å². The van der Waals surface area contributed by atoms with Gasteiger partial charge in [0.05, 0.1) is 29.2 Å². The van der Waals surface area contributed by atoms with E-state index in [-0.39, 0.29) is 11.5 Å². The molecule has 134 valence electrons. The number of benzene rings is 2. The van der Waals surface area contributed by atoms with Crippen molar-refractivity contribution in [3.63, 3.8) is 0 Å².